The van der Waals surface area contributed by atoms with E-state index in [2.05, 4.69) is 31.0 Å². The number of aryl methyl sites for hydroxylation is 1. The van der Waals surface area contributed by atoms with Crippen molar-refractivity contribution in [3.8, 4) is 11.5 Å². The van der Waals surface area contributed by atoms with Crippen LogP contribution in [0.2, 0.25) is 0 Å². The largest absolute Gasteiger partial charge is 0.454 e. The molecule has 4 heteroatoms. The van der Waals surface area contributed by atoms with Crippen LogP contribution in [0.25, 0.3) is 0 Å². The van der Waals surface area contributed by atoms with E-state index in [0.717, 1.165) is 17.9 Å². The molecule has 1 aliphatic heterocycles. The molecule has 2 N–H and O–H groups in total. The Bertz CT molecular complexity index is 475. The molecular formula is C15H22N2O2. The van der Waals surface area contributed by atoms with Crippen LogP contribution in [0.1, 0.15) is 31.2 Å². The zero-order chi connectivity index (χ0) is 13.4. The van der Waals surface area contributed by atoms with Gasteiger partial charge in [-0.05, 0) is 31.4 Å². The van der Waals surface area contributed by atoms with Crippen LogP contribution in [-0.2, 0) is 0 Å². The van der Waals surface area contributed by atoms with Gasteiger partial charge in [-0.25, -0.2) is 0 Å². The van der Waals surface area contributed by atoms with Crippen molar-refractivity contribution in [3.63, 3.8) is 0 Å². The topological polar surface area (TPSA) is 47.7 Å². The molecule has 2 aliphatic rings. The highest BCUT2D eigenvalue weighted by Crippen LogP contribution is 2.39. The lowest BCUT2D eigenvalue weighted by Gasteiger charge is -2.38. The minimum absolute atomic E-state index is 0.267. The fourth-order valence-electron chi connectivity index (χ4n) is 3.21. The van der Waals surface area contributed by atoms with E-state index in [1.165, 1.54) is 30.5 Å². The highest BCUT2D eigenvalue weighted by molar-refractivity contribution is 5.62. The van der Waals surface area contributed by atoms with Gasteiger partial charge in [-0.3, -0.25) is 0 Å². The third-order valence-corrected chi connectivity index (χ3v) is 4.35. The second-order valence-electron chi connectivity index (χ2n) is 5.62. The first-order valence-corrected chi connectivity index (χ1v) is 7.05. The van der Waals surface area contributed by atoms with Gasteiger partial charge in [-0.15, -0.1) is 0 Å². The molecule has 0 spiro atoms. The van der Waals surface area contributed by atoms with Crippen LogP contribution in [0.15, 0.2) is 12.1 Å². The predicted octanol–water partition coefficient (Wildman–Crippen LogP) is 2.43. The number of benzene rings is 1. The maximum Gasteiger partial charge on any atom is 0.231 e. The summed E-state index contributed by atoms with van der Waals surface area (Å²) in [4.78, 5) is 2.32. The van der Waals surface area contributed by atoms with E-state index in [9.17, 15) is 0 Å². The molecule has 0 saturated heterocycles. The predicted molar refractivity (Wildman–Crippen MR) is 75.9 cm³/mol. The van der Waals surface area contributed by atoms with Crippen LogP contribution in [0.5, 0.6) is 11.5 Å². The number of ether oxygens (including phenoxy) is 2. The molecule has 1 aromatic carbocycles. The fraction of sp³-hybridized carbons (Fsp3) is 0.600. The van der Waals surface area contributed by atoms with E-state index in [0.29, 0.717) is 12.8 Å². The van der Waals surface area contributed by atoms with E-state index < -0.39 is 0 Å². The van der Waals surface area contributed by atoms with Crippen LogP contribution in [0.3, 0.4) is 0 Å². The summed E-state index contributed by atoms with van der Waals surface area (Å²) in [5, 5.41) is 0. The quantitative estimate of drug-likeness (QED) is 0.889. The average molecular weight is 262 g/mol. The van der Waals surface area contributed by atoms with Gasteiger partial charge in [0.15, 0.2) is 11.5 Å². The van der Waals surface area contributed by atoms with Crippen molar-refractivity contribution in [2.75, 3.05) is 18.7 Å². The molecule has 3 rings (SSSR count). The molecule has 0 amide bonds. The Kier molecular flexibility index (Phi) is 3.27. The number of likely N-dealkylation sites (N-methyl/N-ethyl adjacent to an activating group) is 1. The summed E-state index contributed by atoms with van der Waals surface area (Å²) in [5.41, 5.74) is 8.70. The summed E-state index contributed by atoms with van der Waals surface area (Å²) in [5.74, 6) is 1.69. The van der Waals surface area contributed by atoms with Crippen LogP contribution in [0, 0.1) is 6.92 Å². The molecule has 1 aliphatic carbocycles. The van der Waals surface area contributed by atoms with E-state index in [4.69, 9.17) is 15.2 Å². The molecule has 1 aromatic rings. The van der Waals surface area contributed by atoms with Gasteiger partial charge >= 0.3 is 0 Å². The molecule has 0 radical (unpaired) electrons. The zero-order valence-electron chi connectivity index (χ0n) is 11.7. The van der Waals surface area contributed by atoms with Gasteiger partial charge in [0.05, 0.1) is 0 Å². The molecule has 19 heavy (non-hydrogen) atoms. The van der Waals surface area contributed by atoms with Crippen molar-refractivity contribution in [1.29, 1.82) is 0 Å². The molecule has 1 saturated carbocycles. The highest BCUT2D eigenvalue weighted by atomic mass is 16.7. The molecule has 2 unspecified atom stereocenters. The van der Waals surface area contributed by atoms with Crippen molar-refractivity contribution in [2.45, 2.75) is 44.7 Å². The zero-order valence-corrected chi connectivity index (χ0v) is 11.7. The normalized spacial score (nSPS) is 25.4. The van der Waals surface area contributed by atoms with Gasteiger partial charge < -0.3 is 20.1 Å². The van der Waals surface area contributed by atoms with Gasteiger partial charge in [-0.2, -0.15) is 0 Å². The first-order chi connectivity index (χ1) is 9.16. The molecular weight excluding hydrogens is 240 g/mol. The smallest absolute Gasteiger partial charge is 0.231 e. The Morgan fingerprint density at radius 1 is 1.16 bits per heavy atom. The Morgan fingerprint density at radius 3 is 2.58 bits per heavy atom. The van der Waals surface area contributed by atoms with Crippen LogP contribution < -0.4 is 20.1 Å². The molecule has 1 fully saturated rings. The fourth-order valence-corrected chi connectivity index (χ4v) is 3.21. The van der Waals surface area contributed by atoms with Crippen molar-refractivity contribution in [1.82, 2.24) is 0 Å². The summed E-state index contributed by atoms with van der Waals surface area (Å²) in [6.07, 6.45) is 4.82. The lowest BCUT2D eigenvalue weighted by Crippen LogP contribution is -2.48. The van der Waals surface area contributed by atoms with E-state index in [-0.39, 0.29) is 6.04 Å². The van der Waals surface area contributed by atoms with Gasteiger partial charge in [0.25, 0.3) is 0 Å². The molecule has 0 bridgehead atoms. The number of anilines is 1. The Morgan fingerprint density at radius 2 is 1.84 bits per heavy atom. The van der Waals surface area contributed by atoms with Crippen LogP contribution in [-0.4, -0.2) is 25.9 Å². The minimum atomic E-state index is 0.267. The second-order valence-corrected chi connectivity index (χ2v) is 5.62. The first kappa shape index (κ1) is 12.6. The van der Waals surface area contributed by atoms with Gasteiger partial charge in [0.2, 0.25) is 6.79 Å². The average Bonchev–Trinajstić information content (AvgIpc) is 2.84. The lowest BCUT2D eigenvalue weighted by molar-refractivity contribution is 0.174. The van der Waals surface area contributed by atoms with Gasteiger partial charge in [-0.1, -0.05) is 12.8 Å². The van der Waals surface area contributed by atoms with Gasteiger partial charge in [0.1, 0.15) is 0 Å². The minimum Gasteiger partial charge on any atom is -0.454 e. The maximum absolute atomic E-state index is 6.28. The Hall–Kier alpha value is -1.42. The third kappa shape index (κ3) is 2.25. The molecule has 0 aromatic heterocycles. The van der Waals surface area contributed by atoms with Crippen molar-refractivity contribution in [2.24, 2.45) is 5.73 Å². The number of rotatable bonds is 2. The summed E-state index contributed by atoms with van der Waals surface area (Å²) in [6.45, 7) is 2.44. The van der Waals surface area contributed by atoms with Crippen molar-refractivity contribution >= 4 is 5.69 Å². The number of nitrogens with zero attached hydrogens (tertiary/aromatic N) is 1. The lowest BCUT2D eigenvalue weighted by atomic mass is 9.89. The summed E-state index contributed by atoms with van der Waals surface area (Å²) in [7, 11) is 2.14. The molecule has 4 nitrogen and oxygen atoms in total. The molecule has 104 valence electrons. The second kappa shape index (κ2) is 4.93. The Labute approximate surface area is 114 Å². The Balaban J connectivity index is 1.88. The highest BCUT2D eigenvalue weighted by Gasteiger charge is 2.27. The standard InChI is InChI=1S/C15H22N2O2/c1-10-7-14-15(19-9-18-14)8-13(10)17(2)12-6-4-3-5-11(12)16/h7-8,11-12H,3-6,9,16H2,1-2H3. The third-order valence-electron chi connectivity index (χ3n) is 4.35. The number of nitrogens with two attached hydrogens (primary N) is 1. The van der Waals surface area contributed by atoms with Gasteiger partial charge in [0, 0.05) is 30.9 Å². The van der Waals surface area contributed by atoms with Crippen molar-refractivity contribution in [3.05, 3.63) is 17.7 Å². The van der Waals surface area contributed by atoms with E-state index >= 15 is 0 Å². The van der Waals surface area contributed by atoms with Crippen LogP contribution in [0.4, 0.5) is 5.69 Å². The van der Waals surface area contributed by atoms with Crippen molar-refractivity contribution < 1.29 is 9.47 Å². The summed E-state index contributed by atoms with van der Waals surface area (Å²) in [6, 6.07) is 4.83. The maximum atomic E-state index is 6.28. The summed E-state index contributed by atoms with van der Waals surface area (Å²) >= 11 is 0. The number of hydrogen-bond donors (Lipinski definition) is 1. The SMILES string of the molecule is Cc1cc2c(cc1N(C)C1CCCCC1N)OCO2. The van der Waals surface area contributed by atoms with E-state index in [1.807, 2.05) is 0 Å². The first-order valence-electron chi connectivity index (χ1n) is 7.05. The van der Waals surface area contributed by atoms with Crippen LogP contribution >= 0.6 is 0 Å². The molecule has 2 atom stereocenters. The number of hydrogen-bond acceptors (Lipinski definition) is 4. The monoisotopic (exact) mass is 262 g/mol. The summed E-state index contributed by atoms with van der Waals surface area (Å²) < 4.78 is 10.9. The van der Waals surface area contributed by atoms with E-state index in [1.54, 1.807) is 0 Å². The number of fused-ring (bicyclic) bond motifs is 1. The molecule has 1 heterocycles.